The quantitative estimate of drug-likeness (QED) is 0.534. The molecule has 0 bridgehead atoms. The van der Waals surface area contributed by atoms with E-state index in [1.165, 1.54) is 6.92 Å². The molecule has 0 aliphatic heterocycles. The summed E-state index contributed by atoms with van der Waals surface area (Å²) in [5.41, 5.74) is 2.01. The van der Waals surface area contributed by atoms with Gasteiger partial charge in [-0.2, -0.15) is 0 Å². The third-order valence-electron chi connectivity index (χ3n) is 3.15. The van der Waals surface area contributed by atoms with Crippen molar-refractivity contribution in [3.63, 3.8) is 0 Å². The van der Waals surface area contributed by atoms with Crippen LogP contribution in [-0.4, -0.2) is 15.9 Å². The van der Waals surface area contributed by atoms with Gasteiger partial charge < -0.3 is 4.74 Å². The second-order valence-corrected chi connectivity index (χ2v) is 7.60. The molecule has 2 rings (SSSR count). The van der Waals surface area contributed by atoms with Crippen LogP contribution in [0, 0.1) is 10.5 Å². The van der Waals surface area contributed by atoms with Crippen LogP contribution in [0.25, 0.3) is 0 Å². The van der Waals surface area contributed by atoms with Gasteiger partial charge in [-0.1, -0.05) is 35.9 Å². The lowest BCUT2D eigenvalue weighted by atomic mass is 10.1. The SMILES string of the molecule is CC(=O)O[C@@H](CS(=O)c1ccc(C)cc1)c1ccccc1I. The van der Waals surface area contributed by atoms with Crippen molar-refractivity contribution >= 4 is 39.4 Å². The Labute approximate surface area is 146 Å². The Morgan fingerprint density at radius 1 is 1.18 bits per heavy atom. The van der Waals surface area contributed by atoms with Crippen molar-refractivity contribution in [2.45, 2.75) is 24.8 Å². The molecule has 0 heterocycles. The van der Waals surface area contributed by atoms with E-state index in [4.69, 9.17) is 4.74 Å². The van der Waals surface area contributed by atoms with E-state index in [1.54, 1.807) is 0 Å². The predicted molar refractivity (Wildman–Crippen MR) is 96.1 cm³/mol. The van der Waals surface area contributed by atoms with Crippen molar-refractivity contribution in [3.05, 3.63) is 63.2 Å². The Morgan fingerprint density at radius 2 is 1.82 bits per heavy atom. The lowest BCUT2D eigenvalue weighted by Crippen LogP contribution is -2.17. The number of aryl methyl sites for hydroxylation is 1. The highest BCUT2D eigenvalue weighted by molar-refractivity contribution is 14.1. The Morgan fingerprint density at radius 3 is 2.41 bits per heavy atom. The summed E-state index contributed by atoms with van der Waals surface area (Å²) in [7, 11) is -1.23. The van der Waals surface area contributed by atoms with Gasteiger partial charge in [0.1, 0.15) is 6.10 Å². The van der Waals surface area contributed by atoms with Gasteiger partial charge in [0, 0.05) is 21.0 Å². The maximum Gasteiger partial charge on any atom is 0.303 e. The summed E-state index contributed by atoms with van der Waals surface area (Å²) in [5.74, 6) is -0.117. The summed E-state index contributed by atoms with van der Waals surface area (Å²) < 4.78 is 18.9. The van der Waals surface area contributed by atoms with Crippen LogP contribution < -0.4 is 0 Å². The zero-order valence-corrected chi connectivity index (χ0v) is 15.4. The summed E-state index contributed by atoms with van der Waals surface area (Å²) >= 11 is 2.20. The first kappa shape index (κ1) is 17.1. The molecule has 0 saturated heterocycles. The van der Waals surface area contributed by atoms with Crippen molar-refractivity contribution in [1.82, 2.24) is 0 Å². The van der Waals surface area contributed by atoms with Gasteiger partial charge in [-0.3, -0.25) is 9.00 Å². The van der Waals surface area contributed by atoms with E-state index < -0.39 is 16.9 Å². The number of halogens is 1. The molecule has 22 heavy (non-hydrogen) atoms. The molecule has 116 valence electrons. The van der Waals surface area contributed by atoms with E-state index in [0.29, 0.717) is 0 Å². The van der Waals surface area contributed by atoms with E-state index in [2.05, 4.69) is 22.6 Å². The van der Waals surface area contributed by atoms with Crippen LogP contribution in [0.1, 0.15) is 24.2 Å². The van der Waals surface area contributed by atoms with Gasteiger partial charge in [0.15, 0.2) is 0 Å². The Kier molecular flexibility index (Phi) is 6.14. The fourth-order valence-electron chi connectivity index (χ4n) is 2.05. The monoisotopic (exact) mass is 428 g/mol. The number of hydrogen-bond acceptors (Lipinski definition) is 3. The van der Waals surface area contributed by atoms with Crippen molar-refractivity contribution in [2.75, 3.05) is 5.75 Å². The van der Waals surface area contributed by atoms with Crippen LogP contribution in [-0.2, 0) is 20.3 Å². The number of carbonyl (C=O) groups is 1. The van der Waals surface area contributed by atoms with Crippen molar-refractivity contribution in [1.29, 1.82) is 0 Å². The zero-order valence-electron chi connectivity index (χ0n) is 12.4. The molecular formula is C17H17IO3S. The molecule has 2 atom stereocenters. The topological polar surface area (TPSA) is 43.4 Å². The average molecular weight is 428 g/mol. The number of esters is 1. The maximum absolute atomic E-state index is 12.5. The molecule has 0 amide bonds. The maximum atomic E-state index is 12.5. The van der Waals surface area contributed by atoms with Crippen LogP contribution in [0.15, 0.2) is 53.4 Å². The van der Waals surface area contributed by atoms with Gasteiger partial charge in [0.05, 0.1) is 16.6 Å². The first-order valence-electron chi connectivity index (χ1n) is 6.84. The first-order chi connectivity index (χ1) is 10.5. The van der Waals surface area contributed by atoms with E-state index in [-0.39, 0.29) is 11.7 Å². The molecule has 0 aromatic heterocycles. The van der Waals surface area contributed by atoms with Crippen LogP contribution in [0.3, 0.4) is 0 Å². The molecule has 0 aliphatic rings. The number of carbonyl (C=O) groups excluding carboxylic acids is 1. The molecule has 0 aliphatic carbocycles. The minimum absolute atomic E-state index is 0.253. The normalized spacial score (nSPS) is 13.4. The van der Waals surface area contributed by atoms with Crippen molar-refractivity contribution in [3.8, 4) is 0 Å². The third-order valence-corrected chi connectivity index (χ3v) is 5.53. The summed E-state index contributed by atoms with van der Waals surface area (Å²) in [6.07, 6.45) is -0.507. The number of hydrogen-bond donors (Lipinski definition) is 0. The molecule has 2 aromatic carbocycles. The van der Waals surface area contributed by atoms with E-state index in [0.717, 1.165) is 19.6 Å². The van der Waals surface area contributed by atoms with Gasteiger partial charge >= 0.3 is 5.97 Å². The molecular weight excluding hydrogens is 411 g/mol. The van der Waals surface area contributed by atoms with Crippen LogP contribution in [0.5, 0.6) is 0 Å². The smallest absolute Gasteiger partial charge is 0.303 e. The molecule has 5 heteroatoms. The molecule has 0 radical (unpaired) electrons. The zero-order chi connectivity index (χ0) is 16.1. The molecule has 0 spiro atoms. The van der Waals surface area contributed by atoms with Crippen molar-refractivity contribution in [2.24, 2.45) is 0 Å². The van der Waals surface area contributed by atoms with Crippen molar-refractivity contribution < 1.29 is 13.7 Å². The molecule has 0 fully saturated rings. The summed E-state index contributed by atoms with van der Waals surface area (Å²) in [5, 5.41) is 0. The minimum Gasteiger partial charge on any atom is -0.457 e. The lowest BCUT2D eigenvalue weighted by molar-refractivity contribution is -0.145. The summed E-state index contributed by atoms with van der Waals surface area (Å²) in [6, 6.07) is 15.2. The second-order valence-electron chi connectivity index (χ2n) is 4.94. The second kappa shape index (κ2) is 7.87. The van der Waals surface area contributed by atoms with Gasteiger partial charge in [-0.25, -0.2) is 0 Å². The fraction of sp³-hybridized carbons (Fsp3) is 0.235. The summed E-state index contributed by atoms with van der Waals surface area (Å²) in [6.45, 7) is 3.36. The van der Waals surface area contributed by atoms with Gasteiger partial charge in [-0.05, 0) is 47.7 Å². The molecule has 0 N–H and O–H groups in total. The van der Waals surface area contributed by atoms with E-state index in [9.17, 15) is 9.00 Å². The molecule has 0 saturated carbocycles. The van der Waals surface area contributed by atoms with Crippen LogP contribution in [0.4, 0.5) is 0 Å². The highest BCUT2D eigenvalue weighted by Gasteiger charge is 2.21. The highest BCUT2D eigenvalue weighted by Crippen LogP contribution is 2.25. The van der Waals surface area contributed by atoms with Gasteiger partial charge in [0.2, 0.25) is 0 Å². The fourth-order valence-corrected chi connectivity index (χ4v) is 3.94. The minimum atomic E-state index is -1.23. The Hall–Kier alpha value is -1.21. The first-order valence-corrected chi connectivity index (χ1v) is 9.24. The summed E-state index contributed by atoms with van der Waals surface area (Å²) in [4.78, 5) is 12.1. The average Bonchev–Trinajstić information content (AvgIpc) is 2.47. The van der Waals surface area contributed by atoms with Crippen LogP contribution in [0.2, 0.25) is 0 Å². The van der Waals surface area contributed by atoms with E-state index in [1.807, 2.05) is 55.5 Å². The molecule has 1 unspecified atom stereocenters. The number of benzene rings is 2. The molecule has 2 aromatic rings. The van der Waals surface area contributed by atoms with Gasteiger partial charge in [0.25, 0.3) is 0 Å². The van der Waals surface area contributed by atoms with E-state index >= 15 is 0 Å². The van der Waals surface area contributed by atoms with Gasteiger partial charge in [-0.15, -0.1) is 0 Å². The largest absolute Gasteiger partial charge is 0.457 e. The Bertz CT molecular complexity index is 683. The third kappa shape index (κ3) is 4.64. The molecule has 3 nitrogen and oxygen atoms in total. The number of rotatable bonds is 5. The standard InChI is InChI=1S/C17H17IO3S/c1-12-7-9-14(10-8-12)22(20)11-17(21-13(2)19)15-5-3-4-6-16(15)18/h3-10,17H,11H2,1-2H3/t17-,22?/m0/s1. The van der Waals surface area contributed by atoms with Crippen LogP contribution >= 0.6 is 22.6 Å². The Balaban J connectivity index is 2.23. The lowest BCUT2D eigenvalue weighted by Gasteiger charge is -2.18. The highest BCUT2D eigenvalue weighted by atomic mass is 127. The number of ether oxygens (including phenoxy) is 1. The predicted octanol–water partition coefficient (Wildman–Crippen LogP) is 4.01.